The zero-order valence-electron chi connectivity index (χ0n) is 9.26. The van der Waals surface area contributed by atoms with Gasteiger partial charge in [-0.2, -0.15) is 0 Å². The normalized spacial score (nSPS) is 10.9. The molecule has 0 fully saturated rings. The van der Waals surface area contributed by atoms with Crippen molar-refractivity contribution >= 4 is 17.2 Å². The minimum absolute atomic E-state index is 0.426. The number of hydrogen-bond acceptors (Lipinski definition) is 2. The molecule has 0 aliphatic carbocycles. The van der Waals surface area contributed by atoms with Crippen LogP contribution in [-0.2, 0) is 0 Å². The van der Waals surface area contributed by atoms with Crippen LogP contribution in [-0.4, -0.2) is 14.4 Å². The summed E-state index contributed by atoms with van der Waals surface area (Å²) in [4.78, 5) is 8.58. The quantitative estimate of drug-likeness (QED) is 0.614. The van der Waals surface area contributed by atoms with Gasteiger partial charge >= 0.3 is 0 Å². The Morgan fingerprint density at radius 2 is 1.94 bits per heavy atom. The first-order chi connectivity index (χ1) is 8.24. The lowest BCUT2D eigenvalue weighted by atomic mass is 10.1. The molecular formula is C13H10ClN3. The highest BCUT2D eigenvalue weighted by molar-refractivity contribution is 6.28. The second-order valence-electron chi connectivity index (χ2n) is 3.93. The smallest absolute Gasteiger partial charge is 0.209 e. The maximum absolute atomic E-state index is 6.10. The van der Waals surface area contributed by atoms with Gasteiger partial charge in [-0.25, -0.2) is 9.97 Å². The molecule has 3 aromatic rings. The number of nitrogens with zero attached hydrogens (tertiary/aromatic N) is 3. The molecule has 0 spiro atoms. The summed E-state index contributed by atoms with van der Waals surface area (Å²) in [5.41, 5.74) is 3.92. The molecule has 0 bridgehead atoms. The molecular weight excluding hydrogens is 234 g/mol. The Morgan fingerprint density at radius 1 is 1.18 bits per heavy atom. The van der Waals surface area contributed by atoms with Gasteiger partial charge in [0.25, 0.3) is 0 Å². The molecule has 0 saturated carbocycles. The van der Waals surface area contributed by atoms with E-state index in [2.05, 4.69) is 29.0 Å². The molecule has 0 saturated heterocycles. The van der Waals surface area contributed by atoms with Crippen LogP contribution in [0.5, 0.6) is 0 Å². The van der Waals surface area contributed by atoms with Gasteiger partial charge in [0.05, 0.1) is 5.69 Å². The van der Waals surface area contributed by atoms with Crippen LogP contribution in [0.1, 0.15) is 5.56 Å². The number of hydrogen-bond donors (Lipinski definition) is 0. The van der Waals surface area contributed by atoms with E-state index < -0.39 is 0 Å². The minimum Gasteiger partial charge on any atom is -0.274 e. The number of rotatable bonds is 1. The van der Waals surface area contributed by atoms with E-state index in [-0.39, 0.29) is 0 Å². The molecule has 4 heteroatoms. The lowest BCUT2D eigenvalue weighted by Gasteiger charge is -2.04. The third-order valence-electron chi connectivity index (χ3n) is 2.69. The first-order valence-electron chi connectivity index (χ1n) is 5.31. The van der Waals surface area contributed by atoms with Crippen molar-refractivity contribution in [3.05, 3.63) is 53.6 Å². The van der Waals surface area contributed by atoms with Gasteiger partial charge in [-0.05, 0) is 18.5 Å². The molecule has 84 valence electrons. The summed E-state index contributed by atoms with van der Waals surface area (Å²) >= 11 is 6.10. The fourth-order valence-corrected chi connectivity index (χ4v) is 1.99. The number of fused-ring (bicyclic) bond motifs is 1. The minimum atomic E-state index is 0.426. The standard InChI is InChI=1S/C13H10ClN3/c1-9-2-4-10(5-3-9)11-8-12-15-6-7-17(12)13(14)16-11/h2-8H,1H3. The van der Waals surface area contributed by atoms with Gasteiger partial charge in [0.1, 0.15) is 5.65 Å². The molecule has 0 aliphatic heterocycles. The van der Waals surface area contributed by atoms with Gasteiger partial charge in [0.2, 0.25) is 5.28 Å². The summed E-state index contributed by atoms with van der Waals surface area (Å²) in [5.74, 6) is 0. The summed E-state index contributed by atoms with van der Waals surface area (Å²) in [6.07, 6.45) is 3.51. The van der Waals surface area contributed by atoms with Crippen molar-refractivity contribution in [2.75, 3.05) is 0 Å². The molecule has 0 atom stereocenters. The van der Waals surface area contributed by atoms with Crippen LogP contribution in [0.2, 0.25) is 5.28 Å². The number of aryl methyl sites for hydroxylation is 1. The van der Waals surface area contributed by atoms with Crippen LogP contribution < -0.4 is 0 Å². The Hall–Kier alpha value is -1.87. The first kappa shape index (κ1) is 10.3. The second-order valence-corrected chi connectivity index (χ2v) is 4.27. The zero-order valence-corrected chi connectivity index (χ0v) is 10.0. The predicted molar refractivity (Wildman–Crippen MR) is 68.2 cm³/mol. The molecule has 2 aromatic heterocycles. The number of imidazole rings is 1. The van der Waals surface area contributed by atoms with Crippen LogP contribution >= 0.6 is 11.6 Å². The summed E-state index contributed by atoms with van der Waals surface area (Å²) in [6.45, 7) is 2.06. The zero-order chi connectivity index (χ0) is 11.8. The van der Waals surface area contributed by atoms with E-state index >= 15 is 0 Å². The summed E-state index contributed by atoms with van der Waals surface area (Å²) in [7, 11) is 0. The third-order valence-corrected chi connectivity index (χ3v) is 2.96. The van der Waals surface area contributed by atoms with Crippen molar-refractivity contribution < 1.29 is 0 Å². The molecule has 3 nitrogen and oxygen atoms in total. The van der Waals surface area contributed by atoms with E-state index in [4.69, 9.17) is 11.6 Å². The predicted octanol–water partition coefficient (Wildman–Crippen LogP) is 3.36. The van der Waals surface area contributed by atoms with Crippen molar-refractivity contribution in [1.29, 1.82) is 0 Å². The van der Waals surface area contributed by atoms with Gasteiger partial charge in [-0.15, -0.1) is 0 Å². The van der Waals surface area contributed by atoms with Crippen molar-refractivity contribution in [2.24, 2.45) is 0 Å². The molecule has 3 rings (SSSR count). The van der Waals surface area contributed by atoms with Gasteiger partial charge in [-0.1, -0.05) is 29.8 Å². The fraction of sp³-hybridized carbons (Fsp3) is 0.0769. The highest BCUT2D eigenvalue weighted by atomic mass is 35.5. The van der Waals surface area contributed by atoms with E-state index in [0.29, 0.717) is 5.28 Å². The van der Waals surface area contributed by atoms with E-state index in [1.54, 1.807) is 16.8 Å². The van der Waals surface area contributed by atoms with Crippen LogP contribution in [0.15, 0.2) is 42.7 Å². The molecule has 0 N–H and O–H groups in total. The van der Waals surface area contributed by atoms with Gasteiger partial charge in [0, 0.05) is 24.0 Å². The second kappa shape index (κ2) is 3.86. The van der Waals surface area contributed by atoms with E-state index in [1.807, 2.05) is 18.2 Å². The van der Waals surface area contributed by atoms with Crippen molar-refractivity contribution in [2.45, 2.75) is 6.92 Å². The van der Waals surface area contributed by atoms with Crippen LogP contribution in [0.25, 0.3) is 16.9 Å². The van der Waals surface area contributed by atoms with Gasteiger partial charge < -0.3 is 0 Å². The van der Waals surface area contributed by atoms with Crippen LogP contribution in [0.3, 0.4) is 0 Å². The summed E-state index contributed by atoms with van der Waals surface area (Å²) < 4.78 is 1.75. The SMILES string of the molecule is Cc1ccc(-c2cc3nccn3c(Cl)n2)cc1. The summed E-state index contributed by atoms with van der Waals surface area (Å²) in [6, 6.07) is 10.1. The Labute approximate surface area is 104 Å². The molecule has 1 aromatic carbocycles. The fourth-order valence-electron chi connectivity index (χ4n) is 1.76. The van der Waals surface area contributed by atoms with E-state index in [1.165, 1.54) is 5.56 Å². The van der Waals surface area contributed by atoms with Crippen molar-refractivity contribution in [1.82, 2.24) is 14.4 Å². The van der Waals surface area contributed by atoms with Crippen molar-refractivity contribution in [3.63, 3.8) is 0 Å². The lowest BCUT2D eigenvalue weighted by molar-refractivity contribution is 1.09. The van der Waals surface area contributed by atoms with E-state index in [9.17, 15) is 0 Å². The monoisotopic (exact) mass is 243 g/mol. The number of aromatic nitrogens is 3. The molecule has 0 aliphatic rings. The third kappa shape index (κ3) is 1.78. The Kier molecular flexibility index (Phi) is 2.34. The Bertz CT molecular complexity index is 671. The Morgan fingerprint density at radius 3 is 2.71 bits per heavy atom. The summed E-state index contributed by atoms with van der Waals surface area (Å²) in [5, 5.41) is 0.426. The van der Waals surface area contributed by atoms with Crippen molar-refractivity contribution in [3.8, 4) is 11.3 Å². The molecule has 0 radical (unpaired) electrons. The van der Waals surface area contributed by atoms with Gasteiger partial charge in [0.15, 0.2) is 0 Å². The lowest BCUT2D eigenvalue weighted by Crippen LogP contribution is -1.92. The Balaban J connectivity index is 2.20. The number of halogens is 1. The van der Waals surface area contributed by atoms with Gasteiger partial charge in [-0.3, -0.25) is 4.40 Å². The maximum Gasteiger partial charge on any atom is 0.209 e. The van der Waals surface area contributed by atoms with Crippen LogP contribution in [0.4, 0.5) is 0 Å². The first-order valence-corrected chi connectivity index (χ1v) is 5.68. The molecule has 0 unspecified atom stereocenters. The molecule has 0 amide bonds. The highest BCUT2D eigenvalue weighted by Crippen LogP contribution is 2.21. The van der Waals surface area contributed by atoms with Crippen LogP contribution in [0, 0.1) is 6.92 Å². The maximum atomic E-state index is 6.10. The average molecular weight is 244 g/mol. The highest BCUT2D eigenvalue weighted by Gasteiger charge is 2.05. The average Bonchev–Trinajstić information content (AvgIpc) is 2.78. The molecule has 17 heavy (non-hydrogen) atoms. The largest absolute Gasteiger partial charge is 0.274 e. The number of benzene rings is 1. The molecule has 2 heterocycles. The van der Waals surface area contributed by atoms with E-state index in [0.717, 1.165) is 16.9 Å². The topological polar surface area (TPSA) is 30.2 Å².